The first-order chi connectivity index (χ1) is 8.20. The van der Waals surface area contributed by atoms with E-state index < -0.39 is 27.7 Å². The minimum absolute atomic E-state index is 0.0553. The molecule has 3 N–H and O–H groups in total. The summed E-state index contributed by atoms with van der Waals surface area (Å²) in [5.74, 6) is -1.88. The summed E-state index contributed by atoms with van der Waals surface area (Å²) in [7, 11) is -3.07. The molecular formula is C9H16N2O6S. The molecule has 0 aromatic rings. The van der Waals surface area contributed by atoms with Gasteiger partial charge in [0.2, 0.25) is 5.91 Å². The van der Waals surface area contributed by atoms with Crippen LogP contribution in [0, 0.1) is 0 Å². The number of hydrogen-bond acceptors (Lipinski definition) is 5. The third-order valence-corrected chi connectivity index (χ3v) is 2.83. The van der Waals surface area contributed by atoms with Crippen LogP contribution in [0.2, 0.25) is 0 Å². The summed E-state index contributed by atoms with van der Waals surface area (Å²) in [4.78, 5) is 32.3. The highest BCUT2D eigenvalue weighted by molar-refractivity contribution is 7.90. The van der Waals surface area contributed by atoms with Crippen molar-refractivity contribution in [2.75, 3.05) is 18.6 Å². The second kappa shape index (κ2) is 7.64. The molecule has 0 radical (unpaired) electrons. The molecule has 104 valence electrons. The number of aliphatic carboxylic acids is 1. The molecule has 0 bridgehead atoms. The predicted molar refractivity (Wildman–Crippen MR) is 62.7 cm³/mol. The highest BCUT2D eigenvalue weighted by Crippen LogP contribution is 1.89. The molecule has 0 aliphatic carbocycles. The van der Waals surface area contributed by atoms with Crippen molar-refractivity contribution in [3.05, 3.63) is 0 Å². The Kier molecular flexibility index (Phi) is 6.94. The van der Waals surface area contributed by atoms with E-state index in [9.17, 15) is 22.8 Å². The van der Waals surface area contributed by atoms with Crippen molar-refractivity contribution in [2.45, 2.75) is 19.3 Å². The Balaban J connectivity index is 3.71. The standard InChI is InChI=1S/C9H16N2O6S/c1-18(16,17)6-2-5-10-9(15)11-7(12)3-4-8(13)14/h2-6H2,1H3,(H,13,14)(H2,10,11,12,15). The average Bonchev–Trinajstić information content (AvgIpc) is 2.20. The molecule has 0 aromatic carbocycles. The van der Waals surface area contributed by atoms with Gasteiger partial charge < -0.3 is 10.4 Å². The van der Waals surface area contributed by atoms with Crippen LogP contribution >= 0.6 is 0 Å². The summed E-state index contributed by atoms with van der Waals surface area (Å²) in [6, 6.07) is -0.765. The zero-order valence-corrected chi connectivity index (χ0v) is 10.7. The Hall–Kier alpha value is -1.64. The minimum atomic E-state index is -3.07. The molecule has 0 aliphatic heterocycles. The molecule has 0 rings (SSSR count). The molecule has 0 saturated heterocycles. The van der Waals surface area contributed by atoms with Crippen molar-refractivity contribution >= 4 is 27.7 Å². The maximum atomic E-state index is 11.1. The van der Waals surface area contributed by atoms with Gasteiger partial charge in [-0.1, -0.05) is 0 Å². The van der Waals surface area contributed by atoms with E-state index in [0.717, 1.165) is 6.26 Å². The molecule has 8 nitrogen and oxygen atoms in total. The quantitative estimate of drug-likeness (QED) is 0.519. The van der Waals surface area contributed by atoms with Gasteiger partial charge in [0.05, 0.1) is 12.2 Å². The van der Waals surface area contributed by atoms with E-state index in [1.165, 1.54) is 0 Å². The number of imide groups is 1. The summed E-state index contributed by atoms with van der Waals surface area (Å²) < 4.78 is 21.5. The number of carbonyl (C=O) groups excluding carboxylic acids is 2. The van der Waals surface area contributed by atoms with Gasteiger partial charge in [-0.3, -0.25) is 14.9 Å². The lowest BCUT2D eigenvalue weighted by atomic mass is 10.3. The van der Waals surface area contributed by atoms with Crippen LogP contribution in [0.4, 0.5) is 4.79 Å². The lowest BCUT2D eigenvalue weighted by Crippen LogP contribution is -2.40. The van der Waals surface area contributed by atoms with Gasteiger partial charge in [-0.25, -0.2) is 13.2 Å². The fourth-order valence-electron chi connectivity index (χ4n) is 0.990. The van der Waals surface area contributed by atoms with E-state index in [4.69, 9.17) is 5.11 Å². The lowest BCUT2D eigenvalue weighted by molar-refractivity contribution is -0.138. The fourth-order valence-corrected chi connectivity index (χ4v) is 1.66. The van der Waals surface area contributed by atoms with Crippen LogP contribution in [0.15, 0.2) is 0 Å². The number of carboxylic acids is 1. The summed E-state index contributed by atoms with van der Waals surface area (Å²) in [5.41, 5.74) is 0. The number of rotatable bonds is 7. The number of nitrogens with one attached hydrogen (secondary N) is 2. The van der Waals surface area contributed by atoms with Crippen molar-refractivity contribution in [3.8, 4) is 0 Å². The van der Waals surface area contributed by atoms with E-state index in [2.05, 4.69) is 5.32 Å². The smallest absolute Gasteiger partial charge is 0.321 e. The first kappa shape index (κ1) is 16.4. The van der Waals surface area contributed by atoms with Crippen LogP contribution in [0.25, 0.3) is 0 Å². The number of sulfone groups is 1. The van der Waals surface area contributed by atoms with Gasteiger partial charge in [-0.2, -0.15) is 0 Å². The molecule has 0 spiro atoms. The Morgan fingerprint density at radius 2 is 1.78 bits per heavy atom. The van der Waals surface area contributed by atoms with Crippen molar-refractivity contribution in [3.63, 3.8) is 0 Å². The van der Waals surface area contributed by atoms with Gasteiger partial charge in [0.25, 0.3) is 0 Å². The fraction of sp³-hybridized carbons (Fsp3) is 0.667. The van der Waals surface area contributed by atoms with Gasteiger partial charge >= 0.3 is 12.0 Å². The average molecular weight is 280 g/mol. The molecule has 0 aliphatic rings. The van der Waals surface area contributed by atoms with Crippen LogP contribution in [0.3, 0.4) is 0 Å². The van der Waals surface area contributed by atoms with Crippen molar-refractivity contribution in [1.82, 2.24) is 10.6 Å². The Bertz CT molecular complexity index is 417. The van der Waals surface area contributed by atoms with Gasteiger partial charge in [0, 0.05) is 19.2 Å². The third-order valence-electron chi connectivity index (χ3n) is 1.80. The lowest BCUT2D eigenvalue weighted by Gasteiger charge is -2.05. The van der Waals surface area contributed by atoms with Crippen molar-refractivity contribution < 1.29 is 27.9 Å². The van der Waals surface area contributed by atoms with E-state index in [0.29, 0.717) is 0 Å². The predicted octanol–water partition coefficient (Wildman–Crippen LogP) is -0.888. The normalized spacial score (nSPS) is 10.7. The number of hydrogen-bond donors (Lipinski definition) is 3. The highest BCUT2D eigenvalue weighted by atomic mass is 32.2. The second-order valence-electron chi connectivity index (χ2n) is 3.68. The van der Waals surface area contributed by atoms with Crippen LogP contribution in [-0.4, -0.2) is 50.0 Å². The SMILES string of the molecule is CS(=O)(=O)CCCNC(=O)NC(=O)CCC(=O)O. The molecule has 0 heterocycles. The minimum Gasteiger partial charge on any atom is -0.481 e. The molecule has 0 unspecified atom stereocenters. The van der Waals surface area contributed by atoms with Crippen molar-refractivity contribution in [1.29, 1.82) is 0 Å². The number of urea groups is 1. The van der Waals surface area contributed by atoms with E-state index >= 15 is 0 Å². The van der Waals surface area contributed by atoms with Gasteiger partial charge in [0.15, 0.2) is 0 Å². The first-order valence-corrected chi connectivity index (χ1v) is 7.24. The Morgan fingerprint density at radius 1 is 1.17 bits per heavy atom. The Morgan fingerprint density at radius 3 is 2.28 bits per heavy atom. The van der Waals surface area contributed by atoms with Crippen LogP contribution in [0.5, 0.6) is 0 Å². The zero-order chi connectivity index (χ0) is 14.2. The monoisotopic (exact) mass is 280 g/mol. The maximum absolute atomic E-state index is 11.1. The summed E-state index contributed by atoms with van der Waals surface area (Å²) in [6.07, 6.45) is 0.692. The second-order valence-corrected chi connectivity index (χ2v) is 5.94. The van der Waals surface area contributed by atoms with Crippen LogP contribution in [0.1, 0.15) is 19.3 Å². The third kappa shape index (κ3) is 10.9. The van der Waals surface area contributed by atoms with Crippen LogP contribution < -0.4 is 10.6 Å². The first-order valence-electron chi connectivity index (χ1n) is 5.18. The van der Waals surface area contributed by atoms with E-state index in [-0.39, 0.29) is 31.6 Å². The molecule has 3 amide bonds. The molecule has 0 atom stereocenters. The number of carbonyl (C=O) groups is 3. The summed E-state index contributed by atoms with van der Waals surface area (Å²) in [6.45, 7) is 0.116. The molecule has 0 saturated carbocycles. The van der Waals surface area contributed by atoms with Gasteiger partial charge in [-0.05, 0) is 6.42 Å². The molecule has 0 aromatic heterocycles. The molecule has 18 heavy (non-hydrogen) atoms. The molecule has 9 heteroatoms. The molecular weight excluding hydrogens is 264 g/mol. The number of carboxylic acid groups (broad SMARTS) is 1. The Labute approximate surface area is 105 Å². The number of amides is 3. The van der Waals surface area contributed by atoms with Crippen molar-refractivity contribution in [2.24, 2.45) is 0 Å². The zero-order valence-electron chi connectivity index (χ0n) is 9.93. The van der Waals surface area contributed by atoms with Crippen LogP contribution in [-0.2, 0) is 19.4 Å². The van der Waals surface area contributed by atoms with E-state index in [1.807, 2.05) is 5.32 Å². The largest absolute Gasteiger partial charge is 0.481 e. The van der Waals surface area contributed by atoms with Gasteiger partial charge in [0.1, 0.15) is 9.84 Å². The molecule has 0 fully saturated rings. The summed E-state index contributed by atoms with van der Waals surface area (Å²) >= 11 is 0. The van der Waals surface area contributed by atoms with Gasteiger partial charge in [-0.15, -0.1) is 0 Å². The summed E-state index contributed by atoms with van der Waals surface area (Å²) in [5, 5.41) is 12.5. The topological polar surface area (TPSA) is 130 Å². The highest BCUT2D eigenvalue weighted by Gasteiger charge is 2.09. The van der Waals surface area contributed by atoms with E-state index in [1.54, 1.807) is 0 Å². The maximum Gasteiger partial charge on any atom is 0.321 e.